The molecule has 3 N–H and O–H groups in total. The number of nitrogens with one attached hydrogen (secondary N) is 1. The van der Waals surface area contributed by atoms with E-state index in [1.165, 1.54) is 24.3 Å². The predicted molar refractivity (Wildman–Crippen MR) is 66.2 cm³/mol. The minimum Gasteiger partial charge on any atom is -0.345 e. The van der Waals surface area contributed by atoms with Gasteiger partial charge in [0.05, 0.1) is 5.54 Å². The van der Waals surface area contributed by atoms with Crippen LogP contribution in [0.5, 0.6) is 0 Å². The molecule has 94 valence electrons. The molecule has 0 unspecified atom stereocenters. The first-order chi connectivity index (χ1) is 8.06. The van der Waals surface area contributed by atoms with Gasteiger partial charge in [0.25, 0.3) is 5.91 Å². The van der Waals surface area contributed by atoms with Crippen molar-refractivity contribution >= 4 is 5.91 Å². The Hall–Kier alpha value is -1.42. The fraction of sp³-hybridized carbons (Fsp3) is 0.462. The molecule has 0 heterocycles. The van der Waals surface area contributed by atoms with E-state index in [9.17, 15) is 9.18 Å². The summed E-state index contributed by atoms with van der Waals surface area (Å²) >= 11 is 0. The van der Waals surface area contributed by atoms with Gasteiger partial charge >= 0.3 is 0 Å². The zero-order valence-electron chi connectivity index (χ0n) is 10.3. The van der Waals surface area contributed by atoms with Crippen LogP contribution in [0.3, 0.4) is 0 Å². The minimum atomic E-state index is -0.370. The van der Waals surface area contributed by atoms with Gasteiger partial charge in [-0.05, 0) is 37.1 Å². The summed E-state index contributed by atoms with van der Waals surface area (Å²) in [6, 6.07) is 5.49. The maximum Gasteiger partial charge on any atom is 0.251 e. The van der Waals surface area contributed by atoms with E-state index in [1.807, 2.05) is 13.8 Å². The lowest BCUT2D eigenvalue weighted by Gasteiger charge is -2.31. The molecule has 0 atom stereocenters. The van der Waals surface area contributed by atoms with Gasteiger partial charge in [-0.3, -0.25) is 4.79 Å². The van der Waals surface area contributed by atoms with Crippen LogP contribution in [0.4, 0.5) is 4.39 Å². The zero-order valence-corrected chi connectivity index (χ0v) is 10.3. The Labute approximate surface area is 101 Å². The summed E-state index contributed by atoms with van der Waals surface area (Å²) in [7, 11) is 0. The first-order valence-electron chi connectivity index (χ1n) is 5.85. The Morgan fingerprint density at radius 2 is 1.82 bits per heavy atom. The van der Waals surface area contributed by atoms with E-state index in [2.05, 4.69) is 5.32 Å². The highest BCUT2D eigenvalue weighted by Crippen LogP contribution is 2.14. The number of rotatable bonds is 5. The molecule has 0 saturated heterocycles. The van der Waals surface area contributed by atoms with E-state index in [0.717, 1.165) is 12.8 Å². The lowest BCUT2D eigenvalue weighted by Crippen LogP contribution is -2.52. The van der Waals surface area contributed by atoms with Gasteiger partial charge in [-0.1, -0.05) is 13.8 Å². The molecule has 3 nitrogen and oxygen atoms in total. The lowest BCUT2D eigenvalue weighted by atomic mass is 9.92. The third kappa shape index (κ3) is 3.27. The summed E-state index contributed by atoms with van der Waals surface area (Å²) in [5, 5.41) is 2.93. The first kappa shape index (κ1) is 13.6. The van der Waals surface area contributed by atoms with E-state index in [1.54, 1.807) is 0 Å². The molecule has 0 aliphatic rings. The van der Waals surface area contributed by atoms with Crippen LogP contribution in [0.15, 0.2) is 24.3 Å². The molecule has 0 aliphatic carbocycles. The smallest absolute Gasteiger partial charge is 0.251 e. The van der Waals surface area contributed by atoms with Gasteiger partial charge < -0.3 is 11.1 Å². The van der Waals surface area contributed by atoms with Gasteiger partial charge in [-0.15, -0.1) is 0 Å². The van der Waals surface area contributed by atoms with Gasteiger partial charge in [0.15, 0.2) is 0 Å². The van der Waals surface area contributed by atoms with Crippen LogP contribution in [0.1, 0.15) is 37.0 Å². The van der Waals surface area contributed by atoms with Crippen molar-refractivity contribution < 1.29 is 9.18 Å². The second-order valence-electron chi connectivity index (χ2n) is 4.15. The molecular formula is C13H19FN2O. The monoisotopic (exact) mass is 238 g/mol. The Morgan fingerprint density at radius 3 is 2.24 bits per heavy atom. The van der Waals surface area contributed by atoms with Crippen LogP contribution in [-0.2, 0) is 0 Å². The number of amides is 1. The van der Waals surface area contributed by atoms with Crippen molar-refractivity contribution in [1.29, 1.82) is 0 Å². The van der Waals surface area contributed by atoms with Crippen molar-refractivity contribution in [2.24, 2.45) is 5.73 Å². The second kappa shape index (κ2) is 5.77. The highest BCUT2D eigenvalue weighted by Gasteiger charge is 2.26. The molecule has 17 heavy (non-hydrogen) atoms. The van der Waals surface area contributed by atoms with Crippen LogP contribution in [0, 0.1) is 5.82 Å². The summed E-state index contributed by atoms with van der Waals surface area (Å²) in [6.07, 6.45) is 1.54. The second-order valence-corrected chi connectivity index (χ2v) is 4.15. The molecule has 0 fully saturated rings. The van der Waals surface area contributed by atoms with E-state index in [0.29, 0.717) is 12.1 Å². The number of nitrogens with two attached hydrogens (primary N) is 1. The van der Waals surface area contributed by atoms with Crippen molar-refractivity contribution in [3.05, 3.63) is 35.6 Å². The first-order valence-corrected chi connectivity index (χ1v) is 5.85. The van der Waals surface area contributed by atoms with Crippen LogP contribution < -0.4 is 11.1 Å². The van der Waals surface area contributed by atoms with E-state index >= 15 is 0 Å². The fourth-order valence-corrected chi connectivity index (χ4v) is 1.68. The van der Waals surface area contributed by atoms with Gasteiger partial charge in [-0.2, -0.15) is 0 Å². The van der Waals surface area contributed by atoms with Crippen molar-refractivity contribution in [3.63, 3.8) is 0 Å². The number of carbonyl (C=O) groups excluding carboxylic acids is 1. The number of hydrogen-bond donors (Lipinski definition) is 2. The number of carbonyl (C=O) groups is 1. The van der Waals surface area contributed by atoms with E-state index in [4.69, 9.17) is 5.73 Å². The summed E-state index contributed by atoms with van der Waals surface area (Å²) in [4.78, 5) is 12.0. The highest BCUT2D eigenvalue weighted by molar-refractivity contribution is 5.94. The summed E-state index contributed by atoms with van der Waals surface area (Å²) in [6.45, 7) is 4.37. The molecule has 0 saturated carbocycles. The highest BCUT2D eigenvalue weighted by atomic mass is 19.1. The van der Waals surface area contributed by atoms with Crippen LogP contribution >= 0.6 is 0 Å². The van der Waals surface area contributed by atoms with Crippen LogP contribution in [-0.4, -0.2) is 18.0 Å². The topological polar surface area (TPSA) is 55.1 Å². The maximum absolute atomic E-state index is 12.7. The zero-order chi connectivity index (χ0) is 12.9. The normalized spacial score (nSPS) is 11.3. The van der Waals surface area contributed by atoms with Gasteiger partial charge in [-0.25, -0.2) is 4.39 Å². The van der Waals surface area contributed by atoms with Crippen LogP contribution in [0.25, 0.3) is 0 Å². The summed E-state index contributed by atoms with van der Waals surface area (Å²) in [5.74, 6) is -0.559. The number of halogens is 1. The third-order valence-electron chi connectivity index (χ3n) is 3.23. The SMILES string of the molecule is CCC(CC)(CN)NC(=O)c1ccc(F)cc1. The molecule has 0 aromatic heterocycles. The molecule has 1 amide bonds. The molecule has 1 rings (SSSR count). The average Bonchev–Trinajstić information content (AvgIpc) is 2.37. The standard InChI is InChI=1S/C13H19FN2O/c1-3-13(4-2,9-15)16-12(17)10-5-7-11(14)8-6-10/h5-8H,3-4,9,15H2,1-2H3,(H,16,17). The van der Waals surface area contributed by atoms with Crippen molar-refractivity contribution in [1.82, 2.24) is 5.32 Å². The van der Waals surface area contributed by atoms with Crippen molar-refractivity contribution in [3.8, 4) is 0 Å². The van der Waals surface area contributed by atoms with E-state index in [-0.39, 0.29) is 17.3 Å². The molecule has 4 heteroatoms. The molecule has 1 aromatic rings. The van der Waals surface area contributed by atoms with Crippen molar-refractivity contribution in [2.45, 2.75) is 32.2 Å². The molecule has 0 spiro atoms. The van der Waals surface area contributed by atoms with Crippen molar-refractivity contribution in [2.75, 3.05) is 6.54 Å². The number of benzene rings is 1. The molecule has 1 aromatic carbocycles. The quantitative estimate of drug-likeness (QED) is 0.825. The van der Waals surface area contributed by atoms with Gasteiger partial charge in [0.2, 0.25) is 0 Å². The summed E-state index contributed by atoms with van der Waals surface area (Å²) < 4.78 is 12.7. The van der Waals surface area contributed by atoms with Gasteiger partial charge in [0, 0.05) is 12.1 Å². The largest absolute Gasteiger partial charge is 0.345 e. The minimum absolute atomic E-state index is 0.209. The Kier molecular flexibility index (Phi) is 4.63. The molecule has 0 aliphatic heterocycles. The fourth-order valence-electron chi connectivity index (χ4n) is 1.68. The molecule has 0 radical (unpaired) electrons. The predicted octanol–water partition coefficient (Wildman–Crippen LogP) is 2.07. The molecule has 0 bridgehead atoms. The third-order valence-corrected chi connectivity index (χ3v) is 3.23. The Bertz CT molecular complexity index is 363. The Morgan fingerprint density at radius 1 is 1.29 bits per heavy atom. The lowest BCUT2D eigenvalue weighted by molar-refractivity contribution is 0.0895. The Balaban J connectivity index is 2.81. The average molecular weight is 238 g/mol. The van der Waals surface area contributed by atoms with E-state index < -0.39 is 0 Å². The summed E-state index contributed by atoms with van der Waals surface area (Å²) in [5.41, 5.74) is 5.79. The number of hydrogen-bond acceptors (Lipinski definition) is 2. The van der Waals surface area contributed by atoms with Gasteiger partial charge in [0.1, 0.15) is 5.82 Å². The molecular weight excluding hydrogens is 219 g/mol. The maximum atomic E-state index is 12.7. The van der Waals surface area contributed by atoms with Crippen LogP contribution in [0.2, 0.25) is 0 Å².